The van der Waals surface area contributed by atoms with Crippen molar-refractivity contribution in [1.29, 1.82) is 0 Å². The predicted molar refractivity (Wildman–Crippen MR) is 80.8 cm³/mol. The molecule has 0 bridgehead atoms. The molecule has 1 aromatic rings. The van der Waals surface area contributed by atoms with E-state index in [9.17, 15) is 9.18 Å². The summed E-state index contributed by atoms with van der Waals surface area (Å²) in [5.41, 5.74) is 0.522. The van der Waals surface area contributed by atoms with Gasteiger partial charge in [-0.2, -0.15) is 0 Å². The van der Waals surface area contributed by atoms with Gasteiger partial charge in [-0.05, 0) is 69.7 Å². The van der Waals surface area contributed by atoms with Crippen LogP contribution in [0.15, 0.2) is 24.3 Å². The fourth-order valence-corrected chi connectivity index (χ4v) is 2.90. The molecule has 116 valence electrons. The molecule has 3 nitrogen and oxygen atoms in total. The van der Waals surface area contributed by atoms with Gasteiger partial charge in [0.05, 0.1) is 5.41 Å². The Balaban J connectivity index is 1.78. The molecule has 1 aromatic carbocycles. The number of aliphatic carboxylic acids is 1. The van der Waals surface area contributed by atoms with Crippen molar-refractivity contribution >= 4 is 5.97 Å². The van der Waals surface area contributed by atoms with E-state index in [4.69, 9.17) is 5.11 Å². The minimum Gasteiger partial charge on any atom is -0.481 e. The maximum absolute atomic E-state index is 12.9. The van der Waals surface area contributed by atoms with E-state index >= 15 is 0 Å². The molecule has 21 heavy (non-hydrogen) atoms. The number of carbonyl (C=O) groups is 1. The monoisotopic (exact) mass is 293 g/mol. The highest BCUT2D eigenvalue weighted by atomic mass is 19.1. The van der Waals surface area contributed by atoms with E-state index < -0.39 is 11.4 Å². The summed E-state index contributed by atoms with van der Waals surface area (Å²) in [6, 6.07) is 7.22. The van der Waals surface area contributed by atoms with Gasteiger partial charge in [0.1, 0.15) is 5.82 Å². The van der Waals surface area contributed by atoms with E-state index in [1.807, 2.05) is 12.1 Å². The largest absolute Gasteiger partial charge is 0.481 e. The average molecular weight is 293 g/mol. The van der Waals surface area contributed by atoms with Gasteiger partial charge in [0.25, 0.3) is 0 Å². The third-order valence-corrected chi connectivity index (χ3v) is 4.54. The standard InChI is InChI=1S/C17H24FNO2/c1-17(2,16(20)21)9-10-19-15-8-5-13(11-15)12-3-6-14(18)7-4-12/h3-4,6-7,13,15,19H,5,8-11H2,1-2H3,(H,20,21). The van der Waals surface area contributed by atoms with Crippen LogP contribution >= 0.6 is 0 Å². The van der Waals surface area contributed by atoms with Crippen molar-refractivity contribution in [3.8, 4) is 0 Å². The zero-order valence-electron chi connectivity index (χ0n) is 12.7. The first kappa shape index (κ1) is 16.0. The Kier molecular flexibility index (Phi) is 4.99. The van der Waals surface area contributed by atoms with Crippen molar-refractivity contribution in [2.75, 3.05) is 6.54 Å². The second-order valence-corrected chi connectivity index (χ2v) is 6.65. The molecule has 1 saturated carbocycles. The highest BCUT2D eigenvalue weighted by molar-refractivity contribution is 5.73. The van der Waals surface area contributed by atoms with E-state index in [0.717, 1.165) is 25.8 Å². The van der Waals surface area contributed by atoms with Crippen molar-refractivity contribution < 1.29 is 14.3 Å². The normalized spacial score (nSPS) is 22.4. The van der Waals surface area contributed by atoms with Gasteiger partial charge in [0.2, 0.25) is 0 Å². The van der Waals surface area contributed by atoms with Crippen molar-refractivity contribution in [2.24, 2.45) is 5.41 Å². The lowest BCUT2D eigenvalue weighted by atomic mass is 9.89. The molecule has 4 heteroatoms. The molecule has 1 aliphatic rings. The number of halogens is 1. The van der Waals surface area contributed by atoms with Crippen LogP contribution in [0.5, 0.6) is 0 Å². The Hall–Kier alpha value is -1.42. The van der Waals surface area contributed by atoms with Gasteiger partial charge in [0, 0.05) is 6.04 Å². The number of nitrogens with one attached hydrogen (secondary N) is 1. The Labute approximate surface area is 125 Å². The molecule has 1 fully saturated rings. The highest BCUT2D eigenvalue weighted by Crippen LogP contribution is 2.34. The third-order valence-electron chi connectivity index (χ3n) is 4.54. The number of benzene rings is 1. The summed E-state index contributed by atoms with van der Waals surface area (Å²) in [6.07, 6.45) is 3.86. The summed E-state index contributed by atoms with van der Waals surface area (Å²) >= 11 is 0. The SMILES string of the molecule is CC(C)(CCNC1CCC(c2ccc(F)cc2)C1)C(=O)O. The predicted octanol–water partition coefficient (Wildman–Crippen LogP) is 3.55. The van der Waals surface area contributed by atoms with Crippen molar-refractivity contribution in [3.63, 3.8) is 0 Å². The van der Waals surface area contributed by atoms with Crippen LogP contribution < -0.4 is 5.32 Å². The first-order valence-electron chi connectivity index (χ1n) is 7.61. The van der Waals surface area contributed by atoms with Gasteiger partial charge in [-0.1, -0.05) is 12.1 Å². The molecule has 0 aromatic heterocycles. The van der Waals surface area contributed by atoms with E-state index in [1.54, 1.807) is 13.8 Å². The molecule has 2 rings (SSSR count). The molecule has 0 saturated heterocycles. The van der Waals surface area contributed by atoms with Crippen molar-refractivity contribution in [1.82, 2.24) is 5.32 Å². The minimum atomic E-state index is -0.750. The molecule has 0 radical (unpaired) electrons. The maximum atomic E-state index is 12.9. The molecule has 2 atom stereocenters. The van der Waals surface area contributed by atoms with Gasteiger partial charge in [-0.15, -0.1) is 0 Å². The van der Waals surface area contributed by atoms with E-state index in [2.05, 4.69) is 5.32 Å². The Morgan fingerprint density at radius 1 is 1.33 bits per heavy atom. The molecule has 1 aliphatic carbocycles. The molecular weight excluding hydrogens is 269 g/mol. The van der Waals surface area contributed by atoms with Gasteiger partial charge in [-0.3, -0.25) is 4.79 Å². The van der Waals surface area contributed by atoms with Crippen LogP contribution in [0.25, 0.3) is 0 Å². The third kappa shape index (κ3) is 4.27. The molecule has 0 aliphatic heterocycles. The second kappa shape index (κ2) is 6.56. The average Bonchev–Trinajstić information content (AvgIpc) is 2.88. The van der Waals surface area contributed by atoms with Crippen LogP contribution in [-0.4, -0.2) is 23.7 Å². The zero-order chi connectivity index (χ0) is 15.5. The molecular formula is C17H24FNO2. The molecule has 0 amide bonds. The lowest BCUT2D eigenvalue weighted by Gasteiger charge is -2.21. The number of carboxylic acid groups (broad SMARTS) is 1. The van der Waals surface area contributed by atoms with E-state index in [-0.39, 0.29) is 5.82 Å². The Morgan fingerprint density at radius 2 is 2.00 bits per heavy atom. The Bertz CT molecular complexity index is 484. The fraction of sp³-hybridized carbons (Fsp3) is 0.588. The van der Waals surface area contributed by atoms with Crippen molar-refractivity contribution in [3.05, 3.63) is 35.6 Å². The summed E-state index contributed by atoms with van der Waals surface area (Å²) in [7, 11) is 0. The van der Waals surface area contributed by atoms with Crippen LogP contribution in [0.1, 0.15) is 51.0 Å². The minimum absolute atomic E-state index is 0.192. The number of rotatable bonds is 6. The van der Waals surface area contributed by atoms with Gasteiger partial charge >= 0.3 is 5.97 Å². The van der Waals surface area contributed by atoms with Gasteiger partial charge < -0.3 is 10.4 Å². The Morgan fingerprint density at radius 3 is 2.62 bits per heavy atom. The van der Waals surface area contributed by atoms with E-state index in [0.29, 0.717) is 18.4 Å². The number of hydrogen-bond acceptors (Lipinski definition) is 2. The summed E-state index contributed by atoms with van der Waals surface area (Å²) < 4.78 is 12.9. The fourth-order valence-electron chi connectivity index (χ4n) is 2.90. The van der Waals surface area contributed by atoms with Crippen LogP contribution in [0.2, 0.25) is 0 Å². The summed E-state index contributed by atoms with van der Waals surface area (Å²) in [6.45, 7) is 4.24. The number of hydrogen-bond donors (Lipinski definition) is 2. The summed E-state index contributed by atoms with van der Waals surface area (Å²) in [5.74, 6) is -0.460. The van der Waals surface area contributed by atoms with Crippen LogP contribution in [0.4, 0.5) is 4.39 Å². The molecule has 0 heterocycles. The number of carboxylic acids is 1. The summed E-state index contributed by atoms with van der Waals surface area (Å²) in [5, 5.41) is 12.6. The summed E-state index contributed by atoms with van der Waals surface area (Å²) in [4.78, 5) is 11.1. The van der Waals surface area contributed by atoms with Crippen LogP contribution in [-0.2, 0) is 4.79 Å². The first-order valence-corrected chi connectivity index (χ1v) is 7.61. The van der Waals surface area contributed by atoms with Crippen LogP contribution in [0, 0.1) is 11.2 Å². The van der Waals surface area contributed by atoms with Gasteiger partial charge in [-0.25, -0.2) is 4.39 Å². The van der Waals surface area contributed by atoms with Crippen molar-refractivity contribution in [2.45, 2.75) is 51.5 Å². The first-order chi connectivity index (χ1) is 9.88. The smallest absolute Gasteiger partial charge is 0.309 e. The quantitative estimate of drug-likeness (QED) is 0.843. The maximum Gasteiger partial charge on any atom is 0.309 e. The van der Waals surface area contributed by atoms with E-state index in [1.165, 1.54) is 17.7 Å². The second-order valence-electron chi connectivity index (χ2n) is 6.65. The zero-order valence-corrected chi connectivity index (χ0v) is 12.7. The lowest BCUT2D eigenvalue weighted by Crippen LogP contribution is -2.33. The molecule has 2 N–H and O–H groups in total. The van der Waals surface area contributed by atoms with Gasteiger partial charge in [0.15, 0.2) is 0 Å². The topological polar surface area (TPSA) is 49.3 Å². The highest BCUT2D eigenvalue weighted by Gasteiger charge is 2.29. The molecule has 0 spiro atoms. The molecule has 2 unspecified atom stereocenters. The lowest BCUT2D eigenvalue weighted by molar-refractivity contribution is -0.147. The van der Waals surface area contributed by atoms with Crippen LogP contribution in [0.3, 0.4) is 0 Å².